The van der Waals surface area contributed by atoms with Gasteiger partial charge in [0.15, 0.2) is 0 Å². The number of ether oxygens (including phenoxy) is 3. The maximum Gasteiger partial charge on any atom is 0.341 e. The van der Waals surface area contributed by atoms with Gasteiger partial charge in [0.25, 0.3) is 0 Å². The third-order valence-corrected chi connectivity index (χ3v) is 4.88. The molecule has 2 rings (SSSR count). The summed E-state index contributed by atoms with van der Waals surface area (Å²) >= 11 is 3.07. The van der Waals surface area contributed by atoms with Gasteiger partial charge in [0.2, 0.25) is 0 Å². The van der Waals surface area contributed by atoms with Gasteiger partial charge in [-0.05, 0) is 58.6 Å². The zero-order valence-corrected chi connectivity index (χ0v) is 17.8. The van der Waals surface area contributed by atoms with Crippen molar-refractivity contribution in [3.63, 3.8) is 0 Å². The van der Waals surface area contributed by atoms with Crippen molar-refractivity contribution in [1.82, 2.24) is 5.32 Å². The van der Waals surface area contributed by atoms with Gasteiger partial charge in [-0.2, -0.15) is 0 Å². The molecule has 7 heteroatoms. The molecule has 0 bridgehead atoms. The molecule has 1 unspecified atom stereocenters. The molecule has 2 aromatic carbocycles. The number of hydrogen-bond acceptors (Lipinski definition) is 5. The highest BCUT2D eigenvalue weighted by atomic mass is 79.9. The van der Waals surface area contributed by atoms with Crippen molar-refractivity contribution in [2.75, 3.05) is 27.4 Å². The smallest absolute Gasteiger partial charge is 0.341 e. The van der Waals surface area contributed by atoms with Crippen LogP contribution in [0.1, 0.15) is 29.3 Å². The lowest BCUT2D eigenvalue weighted by molar-refractivity contribution is 0.0595. The Labute approximate surface area is 173 Å². The van der Waals surface area contributed by atoms with E-state index in [1.165, 1.54) is 24.8 Å². The molecule has 0 amide bonds. The van der Waals surface area contributed by atoms with Gasteiger partial charge in [-0.1, -0.05) is 19.1 Å². The quantitative estimate of drug-likeness (QED) is 0.533. The number of halogens is 2. The highest BCUT2D eigenvalue weighted by Crippen LogP contribution is 2.27. The first-order valence-electron chi connectivity index (χ1n) is 8.98. The Morgan fingerprint density at radius 1 is 1.21 bits per heavy atom. The average Bonchev–Trinajstić information content (AvgIpc) is 2.70. The van der Waals surface area contributed by atoms with Gasteiger partial charge in [-0.25, -0.2) is 9.18 Å². The molecule has 0 radical (unpaired) electrons. The van der Waals surface area contributed by atoms with Crippen LogP contribution in [0.15, 0.2) is 40.9 Å². The molecule has 1 atom stereocenters. The van der Waals surface area contributed by atoms with Crippen molar-refractivity contribution in [3.8, 4) is 11.5 Å². The minimum absolute atomic E-state index is 0.186. The Morgan fingerprint density at radius 3 is 2.57 bits per heavy atom. The number of nitrogens with one attached hydrogen (secondary N) is 1. The molecule has 0 aliphatic heterocycles. The number of esters is 1. The van der Waals surface area contributed by atoms with Gasteiger partial charge in [-0.15, -0.1) is 0 Å². The molecule has 0 saturated heterocycles. The molecule has 0 fully saturated rings. The second-order valence-electron chi connectivity index (χ2n) is 6.48. The first-order chi connectivity index (χ1) is 13.4. The zero-order chi connectivity index (χ0) is 20.5. The average molecular weight is 454 g/mol. The van der Waals surface area contributed by atoms with Crippen molar-refractivity contribution < 1.29 is 23.4 Å². The van der Waals surface area contributed by atoms with Gasteiger partial charge >= 0.3 is 5.97 Å². The second-order valence-corrected chi connectivity index (χ2v) is 7.33. The SMILES string of the molecule is COC(=O)c1cc(Br)c(F)cc1OCCC(C)CNCc1ccc(OC)cc1. The standard InChI is InChI=1S/C21H25BrFNO4/c1-14(12-24-13-15-4-6-16(26-2)7-5-15)8-9-28-20-11-19(23)18(22)10-17(20)21(25)27-3/h4-7,10-11,14,24H,8-9,12-13H2,1-3H3. The third-order valence-electron chi connectivity index (χ3n) is 4.28. The molecule has 0 spiro atoms. The summed E-state index contributed by atoms with van der Waals surface area (Å²) in [4.78, 5) is 11.8. The van der Waals surface area contributed by atoms with Gasteiger partial charge in [0.05, 0.1) is 25.3 Å². The summed E-state index contributed by atoms with van der Waals surface area (Å²) < 4.78 is 29.5. The second kappa shape index (κ2) is 11.0. The number of benzene rings is 2. The largest absolute Gasteiger partial charge is 0.497 e. The maximum absolute atomic E-state index is 13.8. The molecule has 5 nitrogen and oxygen atoms in total. The molecular weight excluding hydrogens is 429 g/mol. The van der Waals surface area contributed by atoms with E-state index in [1.54, 1.807) is 7.11 Å². The molecule has 0 aliphatic rings. The lowest BCUT2D eigenvalue weighted by Gasteiger charge is -2.15. The van der Waals surface area contributed by atoms with Crippen LogP contribution in [0.25, 0.3) is 0 Å². The zero-order valence-electron chi connectivity index (χ0n) is 16.3. The van der Waals surface area contributed by atoms with E-state index in [4.69, 9.17) is 14.2 Å². The molecule has 152 valence electrons. The fourth-order valence-corrected chi connectivity index (χ4v) is 2.94. The van der Waals surface area contributed by atoms with Gasteiger partial charge in [-0.3, -0.25) is 0 Å². The van der Waals surface area contributed by atoms with Crippen LogP contribution in [-0.2, 0) is 11.3 Å². The van der Waals surface area contributed by atoms with E-state index in [0.29, 0.717) is 12.5 Å². The Hall–Kier alpha value is -2.12. The Balaban J connectivity index is 1.79. The summed E-state index contributed by atoms with van der Waals surface area (Å²) in [7, 11) is 2.92. The Kier molecular flexibility index (Phi) is 8.73. The third kappa shape index (κ3) is 6.49. The number of carbonyl (C=O) groups is 1. The van der Waals surface area contributed by atoms with Crippen LogP contribution in [0.3, 0.4) is 0 Å². The normalized spacial score (nSPS) is 11.8. The summed E-state index contributed by atoms with van der Waals surface area (Å²) in [5.41, 5.74) is 1.37. The first-order valence-corrected chi connectivity index (χ1v) is 9.77. The van der Waals surface area contributed by atoms with Crippen LogP contribution in [0.2, 0.25) is 0 Å². The van der Waals surface area contributed by atoms with Gasteiger partial charge in [0, 0.05) is 12.6 Å². The number of methoxy groups -OCH3 is 2. The van der Waals surface area contributed by atoms with Crippen LogP contribution in [-0.4, -0.2) is 33.3 Å². The van der Waals surface area contributed by atoms with Crippen molar-refractivity contribution in [1.29, 1.82) is 0 Å². The van der Waals surface area contributed by atoms with Crippen LogP contribution < -0.4 is 14.8 Å². The lowest BCUT2D eigenvalue weighted by atomic mass is 10.1. The summed E-state index contributed by atoms with van der Waals surface area (Å²) in [6, 6.07) is 10.5. The minimum Gasteiger partial charge on any atom is -0.497 e. The van der Waals surface area contributed by atoms with Crippen LogP contribution in [0.5, 0.6) is 11.5 Å². The summed E-state index contributed by atoms with van der Waals surface area (Å²) in [6.07, 6.45) is 0.758. The van der Waals surface area contributed by atoms with Crippen molar-refractivity contribution in [3.05, 3.63) is 57.8 Å². The molecule has 2 aromatic rings. The topological polar surface area (TPSA) is 56.8 Å². The fraction of sp³-hybridized carbons (Fsp3) is 0.381. The summed E-state index contributed by atoms with van der Waals surface area (Å²) in [5.74, 6) is 0.317. The minimum atomic E-state index is -0.565. The summed E-state index contributed by atoms with van der Waals surface area (Å²) in [6.45, 7) is 4.05. The van der Waals surface area contributed by atoms with Crippen molar-refractivity contribution in [2.45, 2.75) is 19.9 Å². The van der Waals surface area contributed by atoms with E-state index < -0.39 is 11.8 Å². The maximum atomic E-state index is 13.8. The monoisotopic (exact) mass is 453 g/mol. The van der Waals surface area contributed by atoms with Crippen molar-refractivity contribution in [2.24, 2.45) is 5.92 Å². The Morgan fingerprint density at radius 2 is 1.93 bits per heavy atom. The van der Waals surface area contributed by atoms with Gasteiger partial charge in [0.1, 0.15) is 22.9 Å². The molecule has 0 aromatic heterocycles. The van der Waals surface area contributed by atoms with Gasteiger partial charge < -0.3 is 19.5 Å². The fourth-order valence-electron chi connectivity index (χ4n) is 2.60. The van der Waals surface area contributed by atoms with Crippen LogP contribution in [0, 0.1) is 11.7 Å². The number of rotatable bonds is 10. The number of carbonyl (C=O) groups excluding carboxylic acids is 1. The first kappa shape index (κ1) is 22.2. The van der Waals surface area contributed by atoms with E-state index in [-0.39, 0.29) is 15.8 Å². The molecule has 0 aliphatic carbocycles. The number of hydrogen-bond donors (Lipinski definition) is 1. The highest BCUT2D eigenvalue weighted by molar-refractivity contribution is 9.10. The highest BCUT2D eigenvalue weighted by Gasteiger charge is 2.17. The van der Waals surface area contributed by atoms with Crippen molar-refractivity contribution >= 4 is 21.9 Å². The van der Waals surface area contributed by atoms with E-state index in [1.807, 2.05) is 24.3 Å². The molecule has 0 heterocycles. The predicted molar refractivity (Wildman–Crippen MR) is 109 cm³/mol. The summed E-state index contributed by atoms with van der Waals surface area (Å²) in [5, 5.41) is 3.41. The van der Waals surface area contributed by atoms with E-state index in [0.717, 1.165) is 25.3 Å². The lowest BCUT2D eigenvalue weighted by Crippen LogP contribution is -2.22. The Bertz CT molecular complexity index is 783. The van der Waals surface area contributed by atoms with Crippen LogP contribution in [0.4, 0.5) is 4.39 Å². The molecule has 28 heavy (non-hydrogen) atoms. The van der Waals surface area contributed by atoms with E-state index in [9.17, 15) is 9.18 Å². The van der Waals surface area contributed by atoms with E-state index in [2.05, 4.69) is 28.2 Å². The molecule has 0 saturated carbocycles. The molecular formula is C21H25BrFNO4. The molecule has 1 N–H and O–H groups in total. The predicted octanol–water partition coefficient (Wildman–Crippen LogP) is 4.58. The van der Waals surface area contributed by atoms with Crippen LogP contribution >= 0.6 is 15.9 Å². The van der Waals surface area contributed by atoms with E-state index >= 15 is 0 Å².